The first kappa shape index (κ1) is 51.9. The molecular weight excluding hydrogens is 1150 g/mol. The number of imidazole rings is 1. The number of aromatic nitrogens is 4. The van der Waals surface area contributed by atoms with Crippen LogP contribution in [0.15, 0.2) is 174 Å². The fraction of sp³-hybridized carbons (Fsp3) is 0.257. The maximum absolute atomic E-state index is 8.69. The van der Waals surface area contributed by atoms with E-state index in [0.29, 0.717) is 27.9 Å². The van der Waals surface area contributed by atoms with E-state index in [1.165, 1.54) is 33.4 Å². The van der Waals surface area contributed by atoms with Gasteiger partial charge in [-0.15, -0.1) is 53.6 Å². The molecule has 0 aliphatic carbocycles. The van der Waals surface area contributed by atoms with Gasteiger partial charge in [-0.1, -0.05) is 199 Å². The summed E-state index contributed by atoms with van der Waals surface area (Å²) in [5, 5.41) is 5.64. The quantitative estimate of drug-likeness (QED) is 0.118. The van der Waals surface area contributed by atoms with Crippen molar-refractivity contribution in [1.82, 2.24) is 19.5 Å². The molecule has 0 N–H and O–H groups in total. The molecule has 0 bridgehead atoms. The molecule has 0 fully saturated rings. The van der Waals surface area contributed by atoms with Crippen LogP contribution in [-0.4, -0.2) is 19.5 Å². The van der Waals surface area contributed by atoms with Crippen molar-refractivity contribution in [3.05, 3.63) is 216 Å². The molecule has 5 nitrogen and oxygen atoms in total. The van der Waals surface area contributed by atoms with E-state index in [0.717, 1.165) is 71.9 Å². The maximum Gasteiger partial charge on any atom is 0.121 e. The Hall–Kier alpha value is -7.50. The zero-order chi connectivity index (χ0) is 58.2. The number of nitrogens with zero attached hydrogens (tertiary/aromatic N) is 4. The van der Waals surface area contributed by atoms with Crippen LogP contribution in [0.2, 0.25) is 0 Å². The second-order valence-corrected chi connectivity index (χ2v) is 25.0. The van der Waals surface area contributed by atoms with Crippen molar-refractivity contribution in [3.8, 4) is 50.7 Å². The molecule has 3 aromatic heterocycles. The summed E-state index contributed by atoms with van der Waals surface area (Å²) in [5.41, 5.74) is 16.7. The first-order valence-corrected chi connectivity index (χ1v) is 27.8. The zero-order valence-corrected chi connectivity index (χ0v) is 50.7. The van der Waals surface area contributed by atoms with Crippen LogP contribution in [0, 0.1) is 19.0 Å². The largest absolute Gasteiger partial charge is 0.501 e. The fourth-order valence-electron chi connectivity index (χ4n) is 10.8. The van der Waals surface area contributed by atoms with Gasteiger partial charge in [-0.05, 0) is 131 Å². The topological polar surface area (TPSA) is 56.7 Å². The van der Waals surface area contributed by atoms with E-state index in [9.17, 15) is 0 Å². The van der Waals surface area contributed by atoms with Crippen LogP contribution < -0.4 is 0 Å². The predicted octanol–water partition coefficient (Wildman–Crippen LogP) is 20.4. The molecule has 405 valence electrons. The molecule has 0 aliphatic heterocycles. The molecule has 1 radical (unpaired) electrons. The summed E-state index contributed by atoms with van der Waals surface area (Å²) in [6.45, 7) is 26.8. The Morgan fingerprint density at radius 2 is 1.19 bits per heavy atom. The molecule has 0 amide bonds. The van der Waals surface area contributed by atoms with Crippen molar-refractivity contribution in [2.75, 3.05) is 0 Å². The number of para-hydroxylation sites is 2. The van der Waals surface area contributed by atoms with Gasteiger partial charge < -0.3 is 8.98 Å². The average Bonchev–Trinajstić information content (AvgIpc) is 1.97. The number of hydrogen-bond donors (Lipinski definition) is 0. The summed E-state index contributed by atoms with van der Waals surface area (Å²) >= 11 is 0. The van der Waals surface area contributed by atoms with E-state index in [4.69, 9.17) is 13.5 Å². The first-order valence-electron chi connectivity index (χ1n) is 29.3. The van der Waals surface area contributed by atoms with E-state index < -0.39 is 6.85 Å². The molecular formula is C74H72IrN4O-2. The first-order chi connectivity index (χ1) is 38.8. The van der Waals surface area contributed by atoms with Crippen molar-refractivity contribution >= 4 is 54.5 Å². The third kappa shape index (κ3) is 10.7. The van der Waals surface area contributed by atoms with Gasteiger partial charge >= 0.3 is 0 Å². The third-order valence-corrected chi connectivity index (χ3v) is 15.4. The van der Waals surface area contributed by atoms with E-state index >= 15 is 0 Å². The van der Waals surface area contributed by atoms with Crippen LogP contribution >= 0.6 is 0 Å². The molecule has 12 aromatic rings. The fourth-order valence-corrected chi connectivity index (χ4v) is 10.8. The minimum absolute atomic E-state index is 0. The van der Waals surface area contributed by atoms with Crippen molar-refractivity contribution < 1.29 is 28.6 Å². The van der Waals surface area contributed by atoms with Crippen LogP contribution in [0.5, 0.6) is 0 Å². The van der Waals surface area contributed by atoms with E-state index in [1.54, 1.807) is 6.07 Å². The minimum atomic E-state index is -2.40. The van der Waals surface area contributed by atoms with Crippen molar-refractivity contribution in [2.45, 2.75) is 125 Å². The molecule has 0 atom stereocenters. The molecule has 0 saturated heterocycles. The molecule has 0 spiro atoms. The van der Waals surface area contributed by atoms with Crippen LogP contribution in [0.25, 0.3) is 105 Å². The van der Waals surface area contributed by atoms with Gasteiger partial charge in [-0.3, -0.25) is 15.0 Å². The standard InChI is InChI=1S/C60H57N2O.C14H15N2.Ir/c1-35(2)48-31-43(39-23-21-38(22-24-39)42-28-44(59(6,7)8)33-45(29-42)60(9,10)11)32-49(36(3)4)56(48)62-53-19-15-14-18-52(53)61-58(62)47-27-20-37(5)55-51-30-41-26-25-40-16-12-13-17-46(40)50(41)34-54(51)63-57(47)55;1-14(2,3)12-9-10-15-13(16-12)11-7-5-4-6-8-11;/h12-26,28-36H,1-11H3;4-7,9-10H,1-3H3;/q2*-1;/i5D3;;. The van der Waals surface area contributed by atoms with Crippen LogP contribution in [-0.2, 0) is 36.4 Å². The molecule has 80 heavy (non-hydrogen) atoms. The summed E-state index contributed by atoms with van der Waals surface area (Å²) < 4.78 is 35.2. The van der Waals surface area contributed by atoms with Crippen LogP contribution in [0.4, 0.5) is 0 Å². The van der Waals surface area contributed by atoms with Gasteiger partial charge in [-0.25, -0.2) is 0 Å². The summed E-state index contributed by atoms with van der Waals surface area (Å²) in [4.78, 5) is 14.2. The number of fused-ring (bicyclic) bond motifs is 7. The van der Waals surface area contributed by atoms with Gasteiger partial charge in [-0.2, -0.15) is 0 Å². The normalized spacial score (nSPS) is 13.0. The van der Waals surface area contributed by atoms with Gasteiger partial charge in [0.2, 0.25) is 0 Å². The van der Waals surface area contributed by atoms with Crippen molar-refractivity contribution in [3.63, 3.8) is 0 Å². The Labute approximate surface area is 491 Å². The van der Waals surface area contributed by atoms with Crippen LogP contribution in [0.3, 0.4) is 0 Å². The van der Waals surface area contributed by atoms with E-state index in [1.807, 2.05) is 60.8 Å². The van der Waals surface area contributed by atoms with Crippen molar-refractivity contribution in [1.29, 1.82) is 0 Å². The Morgan fingerprint density at radius 1 is 0.562 bits per heavy atom. The predicted molar refractivity (Wildman–Crippen MR) is 334 cm³/mol. The molecule has 12 rings (SSSR count). The van der Waals surface area contributed by atoms with Gasteiger partial charge in [0, 0.05) is 52.6 Å². The van der Waals surface area contributed by atoms with E-state index in [-0.39, 0.29) is 53.7 Å². The van der Waals surface area contributed by atoms with Crippen LogP contribution in [0.1, 0.15) is 139 Å². The summed E-state index contributed by atoms with van der Waals surface area (Å²) in [6, 6.07) is 63.7. The SMILES string of the molecule is CC(C)(C)c1ccnc(-c2[c-]cccc2)n1.[2H]C([2H])([2H])c1c[c-]c(-c2nc3ccccc3n2-c2c(C(C)C)cc(-c3ccc(-c4cc(C(C)(C)C)cc(C(C)(C)C)c4)cc3)cc2C(C)C)c2oc3cc4c(ccc5ccccc54)cc3c12.[Ir]. The molecule has 0 saturated carbocycles. The Bertz CT molecular complexity index is 4320. The second-order valence-electron chi connectivity index (χ2n) is 25.0. The van der Waals surface area contributed by atoms with E-state index in [2.05, 4.69) is 220 Å². The van der Waals surface area contributed by atoms with Crippen molar-refractivity contribution in [2.24, 2.45) is 0 Å². The molecule has 9 aromatic carbocycles. The minimum Gasteiger partial charge on any atom is -0.501 e. The second kappa shape index (κ2) is 21.5. The van der Waals surface area contributed by atoms with Gasteiger partial charge in [0.25, 0.3) is 0 Å². The average molecular weight is 1230 g/mol. The van der Waals surface area contributed by atoms with Gasteiger partial charge in [0.05, 0.1) is 28.3 Å². The Balaban J connectivity index is 0.000000390. The maximum atomic E-state index is 8.69. The number of aryl methyl sites for hydroxylation is 1. The number of furan rings is 1. The number of hydrogen-bond acceptors (Lipinski definition) is 4. The monoisotopic (exact) mass is 1230 g/mol. The molecule has 3 heterocycles. The molecule has 0 aliphatic rings. The Morgan fingerprint density at radius 3 is 1.81 bits per heavy atom. The number of rotatable bonds is 7. The summed E-state index contributed by atoms with van der Waals surface area (Å²) in [6.07, 6.45) is 1.81. The van der Waals surface area contributed by atoms with Gasteiger partial charge in [0.1, 0.15) is 5.58 Å². The summed E-state index contributed by atoms with van der Waals surface area (Å²) in [7, 11) is 0. The third-order valence-electron chi connectivity index (χ3n) is 15.4. The Kier molecular flexibility index (Phi) is 14.0. The molecule has 0 unspecified atom stereocenters. The van der Waals surface area contributed by atoms with Gasteiger partial charge in [0.15, 0.2) is 0 Å². The summed E-state index contributed by atoms with van der Waals surface area (Å²) in [5.74, 6) is 1.70. The smallest absolute Gasteiger partial charge is 0.121 e. The molecule has 6 heteroatoms. The number of benzene rings is 9. The zero-order valence-electron chi connectivity index (χ0n) is 51.4.